The van der Waals surface area contributed by atoms with E-state index in [9.17, 15) is 0 Å². The first-order chi connectivity index (χ1) is 9.31. The van der Waals surface area contributed by atoms with Gasteiger partial charge in [0, 0.05) is 11.6 Å². The molecule has 1 aliphatic rings. The monoisotopic (exact) mass is 261 g/mol. The van der Waals surface area contributed by atoms with Crippen LogP contribution in [0.3, 0.4) is 0 Å². The van der Waals surface area contributed by atoms with E-state index in [0.29, 0.717) is 12.1 Å². The van der Waals surface area contributed by atoms with Crippen LogP contribution < -0.4 is 10.1 Å². The number of rotatable bonds is 5. The average Bonchev–Trinajstić information content (AvgIpc) is 2.68. The van der Waals surface area contributed by atoms with Crippen LogP contribution in [0.4, 0.5) is 0 Å². The molecule has 0 heterocycles. The van der Waals surface area contributed by atoms with Gasteiger partial charge in [-0.15, -0.1) is 0 Å². The Hall–Kier alpha value is -1.02. The van der Waals surface area contributed by atoms with Gasteiger partial charge in [0.25, 0.3) is 0 Å². The first-order valence-corrected chi connectivity index (χ1v) is 7.80. The van der Waals surface area contributed by atoms with E-state index in [1.54, 1.807) is 0 Å². The van der Waals surface area contributed by atoms with Crippen molar-refractivity contribution in [1.82, 2.24) is 5.32 Å². The lowest BCUT2D eigenvalue weighted by molar-refractivity contribution is 0.181. The largest absolute Gasteiger partial charge is 0.490 e. The number of para-hydroxylation sites is 1. The van der Waals surface area contributed by atoms with Crippen molar-refractivity contribution in [3.8, 4) is 5.75 Å². The van der Waals surface area contributed by atoms with Gasteiger partial charge in [-0.25, -0.2) is 0 Å². The molecule has 0 aliphatic heterocycles. The van der Waals surface area contributed by atoms with Crippen molar-refractivity contribution < 1.29 is 4.74 Å². The standard InChI is InChI=1S/C17H27NO/c1-3-18-14(2)16-12-8-9-13-17(16)19-15-10-6-4-5-7-11-15/h8-9,12-15,18H,3-7,10-11H2,1-2H3. The van der Waals surface area contributed by atoms with Crippen molar-refractivity contribution in [2.24, 2.45) is 0 Å². The quantitative estimate of drug-likeness (QED) is 0.790. The normalized spacial score (nSPS) is 18.8. The van der Waals surface area contributed by atoms with Gasteiger partial charge in [0.1, 0.15) is 5.75 Å². The molecule has 2 heteroatoms. The average molecular weight is 261 g/mol. The summed E-state index contributed by atoms with van der Waals surface area (Å²) < 4.78 is 6.29. The zero-order chi connectivity index (χ0) is 13.5. The van der Waals surface area contributed by atoms with Crippen molar-refractivity contribution in [2.45, 2.75) is 64.5 Å². The maximum absolute atomic E-state index is 6.29. The second-order valence-electron chi connectivity index (χ2n) is 5.55. The first-order valence-electron chi connectivity index (χ1n) is 7.80. The number of nitrogens with one attached hydrogen (secondary N) is 1. The lowest BCUT2D eigenvalue weighted by atomic mass is 10.1. The van der Waals surface area contributed by atoms with Gasteiger partial charge >= 0.3 is 0 Å². The summed E-state index contributed by atoms with van der Waals surface area (Å²) in [5.41, 5.74) is 1.29. The Morgan fingerprint density at radius 3 is 2.53 bits per heavy atom. The second-order valence-corrected chi connectivity index (χ2v) is 5.55. The molecule has 0 aromatic heterocycles. The molecule has 0 radical (unpaired) electrons. The van der Waals surface area contributed by atoms with Gasteiger partial charge in [0.2, 0.25) is 0 Å². The Morgan fingerprint density at radius 2 is 1.84 bits per heavy atom. The third-order valence-electron chi connectivity index (χ3n) is 3.99. The summed E-state index contributed by atoms with van der Waals surface area (Å²) in [6, 6.07) is 8.83. The summed E-state index contributed by atoms with van der Waals surface area (Å²) >= 11 is 0. The van der Waals surface area contributed by atoms with Crippen molar-refractivity contribution >= 4 is 0 Å². The molecule has 2 rings (SSSR count). The molecule has 2 nitrogen and oxygen atoms in total. The molecule has 1 saturated carbocycles. The van der Waals surface area contributed by atoms with Crippen molar-refractivity contribution in [1.29, 1.82) is 0 Å². The summed E-state index contributed by atoms with van der Waals surface area (Å²) in [6.45, 7) is 5.34. The minimum atomic E-state index is 0.354. The van der Waals surface area contributed by atoms with Crippen molar-refractivity contribution in [2.75, 3.05) is 6.54 Å². The Bertz CT molecular complexity index is 369. The molecule has 1 fully saturated rings. The molecule has 106 valence electrons. The highest BCUT2D eigenvalue weighted by molar-refractivity contribution is 5.35. The van der Waals surface area contributed by atoms with Gasteiger partial charge in [0.15, 0.2) is 0 Å². The molecule has 0 amide bonds. The predicted molar refractivity (Wildman–Crippen MR) is 80.7 cm³/mol. The van der Waals surface area contributed by atoms with Crippen LogP contribution >= 0.6 is 0 Å². The Balaban J connectivity index is 2.06. The maximum atomic E-state index is 6.29. The van der Waals surface area contributed by atoms with Crippen LogP contribution in [0.1, 0.15) is 64.0 Å². The molecule has 1 N–H and O–H groups in total. The van der Waals surface area contributed by atoms with E-state index in [0.717, 1.165) is 12.3 Å². The highest BCUT2D eigenvalue weighted by Gasteiger charge is 2.17. The summed E-state index contributed by atoms with van der Waals surface area (Å²) in [4.78, 5) is 0. The fraction of sp³-hybridized carbons (Fsp3) is 0.647. The van der Waals surface area contributed by atoms with E-state index < -0.39 is 0 Å². The van der Waals surface area contributed by atoms with Crippen molar-refractivity contribution in [3.05, 3.63) is 29.8 Å². The van der Waals surface area contributed by atoms with E-state index in [1.165, 1.54) is 44.1 Å². The Morgan fingerprint density at radius 1 is 1.16 bits per heavy atom. The summed E-state index contributed by atoms with van der Waals surface area (Å²) in [7, 11) is 0. The van der Waals surface area contributed by atoms with Gasteiger partial charge in [-0.1, -0.05) is 38.0 Å². The fourth-order valence-corrected chi connectivity index (χ4v) is 2.90. The molecule has 0 spiro atoms. The molecule has 1 aromatic rings. The topological polar surface area (TPSA) is 21.3 Å². The first kappa shape index (κ1) is 14.4. The van der Waals surface area contributed by atoms with Gasteiger partial charge in [-0.2, -0.15) is 0 Å². The lowest BCUT2D eigenvalue weighted by Gasteiger charge is -2.22. The van der Waals surface area contributed by atoms with Crippen molar-refractivity contribution in [3.63, 3.8) is 0 Å². The third-order valence-corrected chi connectivity index (χ3v) is 3.99. The van der Waals surface area contributed by atoms with E-state index in [2.05, 4.69) is 43.4 Å². The van der Waals surface area contributed by atoms with Gasteiger partial charge < -0.3 is 10.1 Å². The van der Waals surface area contributed by atoms with E-state index >= 15 is 0 Å². The van der Waals surface area contributed by atoms with Gasteiger partial charge in [-0.05, 0) is 45.2 Å². The molecule has 0 saturated heterocycles. The Labute approximate surface area is 117 Å². The highest BCUT2D eigenvalue weighted by atomic mass is 16.5. The van der Waals surface area contributed by atoms with Crippen LogP contribution in [0.25, 0.3) is 0 Å². The van der Waals surface area contributed by atoms with Crippen LogP contribution in [0.5, 0.6) is 5.75 Å². The van der Waals surface area contributed by atoms with Gasteiger partial charge in [0.05, 0.1) is 6.10 Å². The molecule has 19 heavy (non-hydrogen) atoms. The predicted octanol–water partition coefficient (Wildman–Crippen LogP) is 4.46. The number of ether oxygens (including phenoxy) is 1. The zero-order valence-electron chi connectivity index (χ0n) is 12.3. The molecule has 0 bridgehead atoms. The lowest BCUT2D eigenvalue weighted by Crippen LogP contribution is -2.21. The summed E-state index contributed by atoms with van der Waals surface area (Å²) in [5.74, 6) is 1.07. The Kier molecular flexibility index (Phi) is 5.71. The molecule has 1 aliphatic carbocycles. The molecule has 1 aromatic carbocycles. The van der Waals surface area contributed by atoms with Crippen LogP contribution in [-0.2, 0) is 0 Å². The molecular weight excluding hydrogens is 234 g/mol. The molecule has 1 atom stereocenters. The van der Waals surface area contributed by atoms with Crippen LogP contribution in [0.2, 0.25) is 0 Å². The SMILES string of the molecule is CCNC(C)c1ccccc1OC1CCCCCC1. The number of benzene rings is 1. The van der Waals surface area contributed by atoms with Gasteiger partial charge in [-0.3, -0.25) is 0 Å². The van der Waals surface area contributed by atoms with E-state index in [4.69, 9.17) is 4.74 Å². The minimum absolute atomic E-state index is 0.354. The zero-order valence-corrected chi connectivity index (χ0v) is 12.3. The minimum Gasteiger partial charge on any atom is -0.490 e. The molecule has 1 unspecified atom stereocenters. The van der Waals surface area contributed by atoms with E-state index in [-0.39, 0.29) is 0 Å². The maximum Gasteiger partial charge on any atom is 0.124 e. The van der Waals surface area contributed by atoms with Crippen LogP contribution in [0.15, 0.2) is 24.3 Å². The number of hydrogen-bond donors (Lipinski definition) is 1. The smallest absolute Gasteiger partial charge is 0.124 e. The van der Waals surface area contributed by atoms with Crippen LogP contribution in [-0.4, -0.2) is 12.6 Å². The second kappa shape index (κ2) is 7.54. The summed E-state index contributed by atoms with van der Waals surface area (Å²) in [6.07, 6.45) is 8.21. The number of hydrogen-bond acceptors (Lipinski definition) is 2. The summed E-state index contributed by atoms with van der Waals surface area (Å²) in [5, 5.41) is 3.47. The third kappa shape index (κ3) is 4.24. The molecular formula is C17H27NO. The van der Waals surface area contributed by atoms with Crippen LogP contribution in [0, 0.1) is 0 Å². The highest BCUT2D eigenvalue weighted by Crippen LogP contribution is 2.28. The van der Waals surface area contributed by atoms with E-state index in [1.807, 2.05) is 0 Å². The fourth-order valence-electron chi connectivity index (χ4n) is 2.90.